The maximum atomic E-state index is 12.5. The molecule has 0 bridgehead atoms. The van der Waals surface area contributed by atoms with E-state index < -0.39 is 6.04 Å². The number of rotatable bonds is 3. The van der Waals surface area contributed by atoms with Gasteiger partial charge in [-0.2, -0.15) is 5.10 Å². The summed E-state index contributed by atoms with van der Waals surface area (Å²) in [6.07, 6.45) is 7.12. The number of carbonyl (C=O) groups excluding carboxylic acids is 2. The average Bonchev–Trinajstić information content (AvgIpc) is 3.15. The van der Waals surface area contributed by atoms with Crippen LogP contribution in [0.1, 0.15) is 43.8 Å². The number of aromatic nitrogens is 2. The molecular weight excluding hydrogens is 268 g/mol. The second-order valence-electron chi connectivity index (χ2n) is 6.03. The summed E-state index contributed by atoms with van der Waals surface area (Å²) in [5.41, 5.74) is 0.926. The van der Waals surface area contributed by atoms with Crippen molar-refractivity contribution in [2.24, 2.45) is 5.92 Å². The number of likely N-dealkylation sites (N-methyl/N-ethyl adjacent to an activating group) is 1. The van der Waals surface area contributed by atoms with Crippen molar-refractivity contribution in [3.63, 3.8) is 0 Å². The third-order valence-electron chi connectivity index (χ3n) is 4.63. The Morgan fingerprint density at radius 2 is 2.14 bits per heavy atom. The summed E-state index contributed by atoms with van der Waals surface area (Å²) < 4.78 is 1.73. The highest BCUT2D eigenvalue weighted by molar-refractivity contribution is 5.82. The van der Waals surface area contributed by atoms with Gasteiger partial charge in [0, 0.05) is 19.7 Å². The molecule has 6 nitrogen and oxygen atoms in total. The van der Waals surface area contributed by atoms with Crippen LogP contribution in [0.3, 0.4) is 0 Å². The zero-order chi connectivity index (χ0) is 14.8. The minimum Gasteiger partial charge on any atom is -0.357 e. The van der Waals surface area contributed by atoms with Crippen LogP contribution in [0.4, 0.5) is 0 Å². The Balaban J connectivity index is 1.72. The lowest BCUT2D eigenvalue weighted by atomic mass is 10.0. The van der Waals surface area contributed by atoms with E-state index in [2.05, 4.69) is 10.4 Å². The van der Waals surface area contributed by atoms with Crippen LogP contribution < -0.4 is 5.32 Å². The number of amides is 2. The highest BCUT2D eigenvalue weighted by atomic mass is 16.2. The second-order valence-corrected chi connectivity index (χ2v) is 6.03. The fraction of sp³-hybridized carbons (Fsp3) is 0.667. The molecule has 2 amide bonds. The molecule has 0 saturated heterocycles. The van der Waals surface area contributed by atoms with Gasteiger partial charge in [-0.1, -0.05) is 12.8 Å². The van der Waals surface area contributed by atoms with Gasteiger partial charge < -0.3 is 10.2 Å². The van der Waals surface area contributed by atoms with Crippen LogP contribution in [0.15, 0.2) is 12.3 Å². The lowest BCUT2D eigenvalue weighted by Gasteiger charge is -2.33. The third-order valence-corrected chi connectivity index (χ3v) is 4.63. The molecule has 1 saturated carbocycles. The molecule has 114 valence electrons. The minimum atomic E-state index is -0.415. The van der Waals surface area contributed by atoms with Crippen LogP contribution in [0.25, 0.3) is 0 Å². The molecule has 1 unspecified atom stereocenters. The molecule has 0 radical (unpaired) electrons. The quantitative estimate of drug-likeness (QED) is 0.906. The van der Waals surface area contributed by atoms with Gasteiger partial charge in [0.05, 0.1) is 18.8 Å². The van der Waals surface area contributed by atoms with Gasteiger partial charge in [0.1, 0.15) is 6.04 Å². The van der Waals surface area contributed by atoms with Crippen LogP contribution in [0.2, 0.25) is 0 Å². The molecule has 6 heteroatoms. The Morgan fingerprint density at radius 3 is 2.86 bits per heavy atom. The van der Waals surface area contributed by atoms with E-state index in [0.717, 1.165) is 18.5 Å². The first-order valence-electron chi connectivity index (χ1n) is 7.71. The molecule has 21 heavy (non-hydrogen) atoms. The smallest absolute Gasteiger partial charge is 0.246 e. The molecule has 2 heterocycles. The van der Waals surface area contributed by atoms with Crippen molar-refractivity contribution < 1.29 is 9.59 Å². The van der Waals surface area contributed by atoms with Crippen LogP contribution in [-0.2, 0) is 16.1 Å². The summed E-state index contributed by atoms with van der Waals surface area (Å²) in [5.74, 6) is 0.601. The van der Waals surface area contributed by atoms with Crippen molar-refractivity contribution in [1.82, 2.24) is 20.0 Å². The van der Waals surface area contributed by atoms with Gasteiger partial charge in [0.25, 0.3) is 0 Å². The largest absolute Gasteiger partial charge is 0.357 e. The van der Waals surface area contributed by atoms with Crippen molar-refractivity contribution in [1.29, 1.82) is 0 Å². The molecule has 1 aliphatic heterocycles. The van der Waals surface area contributed by atoms with Crippen molar-refractivity contribution in [3.05, 3.63) is 18.0 Å². The minimum absolute atomic E-state index is 0.0988. The zero-order valence-electron chi connectivity index (χ0n) is 12.4. The standard InChI is InChI=1S/C15H22N4O2/c1-16-15(21)13-10-18(9-12-6-7-17-19(12)13)14(20)8-11-4-2-3-5-11/h6-7,11,13H,2-5,8-10H2,1H3,(H,16,21). The fourth-order valence-corrected chi connectivity index (χ4v) is 3.43. The molecule has 1 aromatic rings. The van der Waals surface area contributed by atoms with Gasteiger partial charge in [-0.25, -0.2) is 0 Å². The van der Waals surface area contributed by atoms with Gasteiger partial charge in [-0.3, -0.25) is 14.3 Å². The fourth-order valence-electron chi connectivity index (χ4n) is 3.43. The van der Waals surface area contributed by atoms with E-state index in [1.165, 1.54) is 12.8 Å². The van der Waals surface area contributed by atoms with Gasteiger partial charge in [0.2, 0.25) is 11.8 Å². The average molecular weight is 290 g/mol. The van der Waals surface area contributed by atoms with Crippen LogP contribution in [-0.4, -0.2) is 40.1 Å². The normalized spacial score (nSPS) is 22.1. The topological polar surface area (TPSA) is 67.2 Å². The monoisotopic (exact) mass is 290 g/mol. The van der Waals surface area contributed by atoms with E-state index in [-0.39, 0.29) is 11.8 Å². The molecule has 0 spiro atoms. The predicted molar refractivity (Wildman–Crippen MR) is 77.3 cm³/mol. The first-order chi connectivity index (χ1) is 10.2. The lowest BCUT2D eigenvalue weighted by molar-refractivity contribution is -0.136. The first-order valence-corrected chi connectivity index (χ1v) is 7.71. The SMILES string of the molecule is CNC(=O)C1CN(C(=O)CC2CCCC2)Cc2ccnn21. The highest BCUT2D eigenvalue weighted by Crippen LogP contribution is 2.29. The van der Waals surface area contributed by atoms with Crippen LogP contribution in [0, 0.1) is 5.92 Å². The van der Waals surface area contributed by atoms with E-state index in [9.17, 15) is 9.59 Å². The zero-order valence-corrected chi connectivity index (χ0v) is 12.4. The number of hydrogen-bond donors (Lipinski definition) is 1. The third kappa shape index (κ3) is 2.80. The number of nitrogens with zero attached hydrogens (tertiary/aromatic N) is 3. The van der Waals surface area contributed by atoms with E-state index >= 15 is 0 Å². The summed E-state index contributed by atoms with van der Waals surface area (Å²) in [5, 5.41) is 6.88. The summed E-state index contributed by atoms with van der Waals surface area (Å²) in [6.45, 7) is 0.971. The van der Waals surface area contributed by atoms with E-state index in [1.807, 2.05) is 11.0 Å². The van der Waals surface area contributed by atoms with Crippen LogP contribution >= 0.6 is 0 Å². The second kappa shape index (κ2) is 5.87. The van der Waals surface area contributed by atoms with E-state index in [4.69, 9.17) is 0 Å². The molecule has 3 rings (SSSR count). The summed E-state index contributed by atoms with van der Waals surface area (Å²) in [6, 6.07) is 1.46. The molecule has 2 aliphatic rings. The van der Waals surface area contributed by atoms with Crippen molar-refractivity contribution in [2.75, 3.05) is 13.6 Å². The van der Waals surface area contributed by atoms with Gasteiger partial charge >= 0.3 is 0 Å². The molecule has 1 fully saturated rings. The van der Waals surface area contributed by atoms with Gasteiger partial charge in [-0.05, 0) is 24.8 Å². The Bertz CT molecular complexity index is 534. The molecule has 1 aliphatic carbocycles. The summed E-state index contributed by atoms with van der Waals surface area (Å²) in [4.78, 5) is 26.4. The van der Waals surface area contributed by atoms with Gasteiger partial charge in [0.15, 0.2) is 0 Å². The Kier molecular flexibility index (Phi) is 3.94. The van der Waals surface area contributed by atoms with E-state index in [1.54, 1.807) is 17.9 Å². The highest BCUT2D eigenvalue weighted by Gasteiger charge is 2.33. The number of fused-ring (bicyclic) bond motifs is 1. The van der Waals surface area contributed by atoms with Crippen LogP contribution in [0.5, 0.6) is 0 Å². The Labute approximate surface area is 124 Å². The molecular formula is C15H22N4O2. The summed E-state index contributed by atoms with van der Waals surface area (Å²) >= 11 is 0. The predicted octanol–water partition coefficient (Wildman–Crippen LogP) is 1.09. The maximum absolute atomic E-state index is 12.5. The number of hydrogen-bond acceptors (Lipinski definition) is 3. The van der Waals surface area contributed by atoms with Crippen molar-refractivity contribution in [2.45, 2.75) is 44.7 Å². The summed E-state index contributed by atoms with van der Waals surface area (Å²) in [7, 11) is 1.62. The van der Waals surface area contributed by atoms with Gasteiger partial charge in [-0.15, -0.1) is 0 Å². The number of nitrogens with one attached hydrogen (secondary N) is 1. The molecule has 1 N–H and O–H groups in total. The lowest BCUT2D eigenvalue weighted by Crippen LogP contribution is -2.46. The van der Waals surface area contributed by atoms with Crippen molar-refractivity contribution >= 4 is 11.8 Å². The van der Waals surface area contributed by atoms with E-state index in [0.29, 0.717) is 25.4 Å². The molecule has 0 aromatic carbocycles. The molecule has 1 atom stereocenters. The Hall–Kier alpha value is -1.85. The number of carbonyl (C=O) groups is 2. The maximum Gasteiger partial charge on any atom is 0.246 e. The molecule has 1 aromatic heterocycles. The van der Waals surface area contributed by atoms with Crippen molar-refractivity contribution in [3.8, 4) is 0 Å². The Morgan fingerprint density at radius 1 is 1.38 bits per heavy atom. The first kappa shape index (κ1) is 14.1.